The van der Waals surface area contributed by atoms with Gasteiger partial charge in [0.1, 0.15) is 6.61 Å². The summed E-state index contributed by atoms with van der Waals surface area (Å²) in [6, 6.07) is 12.9. The van der Waals surface area contributed by atoms with Crippen molar-refractivity contribution in [3.05, 3.63) is 69.3 Å². The Labute approximate surface area is 123 Å². The lowest BCUT2D eigenvalue weighted by Crippen LogP contribution is -2.06. The highest BCUT2D eigenvalue weighted by atomic mass is 16.6. The van der Waals surface area contributed by atoms with Crippen molar-refractivity contribution in [3.8, 4) is 5.75 Å². The van der Waals surface area contributed by atoms with Gasteiger partial charge in [0.25, 0.3) is 0 Å². The van der Waals surface area contributed by atoms with Crippen LogP contribution in [0, 0.1) is 17.0 Å². The molecule has 0 saturated carbocycles. The van der Waals surface area contributed by atoms with Crippen LogP contribution in [0.5, 0.6) is 5.75 Å². The number of hydrogen-bond donors (Lipinski definition) is 1. The standard InChI is InChI=1S/C16H18N2O3/c1-12-5-3-4-6-14(12)11-21-16-8-7-13(10-17-2)9-15(16)18(19)20/h3-9,17H,10-11H2,1-2H3. The van der Waals surface area contributed by atoms with E-state index in [0.717, 1.165) is 16.7 Å². The van der Waals surface area contributed by atoms with Gasteiger partial charge in [-0.25, -0.2) is 0 Å². The maximum absolute atomic E-state index is 11.2. The maximum atomic E-state index is 11.2. The van der Waals surface area contributed by atoms with Gasteiger partial charge >= 0.3 is 5.69 Å². The summed E-state index contributed by atoms with van der Waals surface area (Å²) in [5, 5.41) is 14.1. The summed E-state index contributed by atoms with van der Waals surface area (Å²) in [6.45, 7) is 2.89. The first-order chi connectivity index (χ1) is 10.1. The molecule has 2 rings (SSSR count). The Morgan fingerprint density at radius 2 is 2.00 bits per heavy atom. The predicted octanol–water partition coefficient (Wildman–Crippen LogP) is 3.20. The molecule has 2 aromatic carbocycles. The third-order valence-corrected chi connectivity index (χ3v) is 3.25. The van der Waals surface area contributed by atoms with Gasteiger partial charge in [0, 0.05) is 12.6 Å². The molecule has 110 valence electrons. The van der Waals surface area contributed by atoms with E-state index in [4.69, 9.17) is 4.74 Å². The molecule has 0 aliphatic heterocycles. The first-order valence-electron chi connectivity index (χ1n) is 6.71. The Bertz CT molecular complexity index is 641. The van der Waals surface area contributed by atoms with Gasteiger partial charge in [0.05, 0.1) is 4.92 Å². The molecule has 21 heavy (non-hydrogen) atoms. The van der Waals surface area contributed by atoms with E-state index in [1.807, 2.05) is 37.3 Å². The van der Waals surface area contributed by atoms with Crippen LogP contribution >= 0.6 is 0 Å². The number of nitrogens with zero attached hydrogens (tertiary/aromatic N) is 1. The lowest BCUT2D eigenvalue weighted by Gasteiger charge is -2.10. The highest BCUT2D eigenvalue weighted by Crippen LogP contribution is 2.29. The van der Waals surface area contributed by atoms with Crippen LogP contribution in [0.1, 0.15) is 16.7 Å². The molecule has 0 radical (unpaired) electrons. The number of nitro benzene ring substituents is 1. The molecule has 1 N–H and O–H groups in total. The van der Waals surface area contributed by atoms with E-state index in [9.17, 15) is 10.1 Å². The fraction of sp³-hybridized carbons (Fsp3) is 0.250. The Morgan fingerprint density at radius 3 is 2.67 bits per heavy atom. The second kappa shape index (κ2) is 6.85. The summed E-state index contributed by atoms with van der Waals surface area (Å²) in [6.07, 6.45) is 0. The number of rotatable bonds is 6. The van der Waals surface area contributed by atoms with Gasteiger partial charge in [0.2, 0.25) is 0 Å². The number of hydrogen-bond acceptors (Lipinski definition) is 4. The molecule has 0 unspecified atom stereocenters. The molecule has 0 aliphatic rings. The first-order valence-corrected chi connectivity index (χ1v) is 6.71. The molecular weight excluding hydrogens is 268 g/mol. The average Bonchev–Trinajstić information content (AvgIpc) is 2.47. The lowest BCUT2D eigenvalue weighted by molar-refractivity contribution is -0.386. The van der Waals surface area contributed by atoms with Gasteiger partial charge < -0.3 is 10.1 Å². The summed E-state index contributed by atoms with van der Waals surface area (Å²) < 4.78 is 5.64. The van der Waals surface area contributed by atoms with Crippen LogP contribution in [0.25, 0.3) is 0 Å². The minimum atomic E-state index is -0.410. The third kappa shape index (κ3) is 3.79. The second-order valence-electron chi connectivity index (χ2n) is 4.80. The fourth-order valence-electron chi connectivity index (χ4n) is 2.07. The van der Waals surface area contributed by atoms with Crippen LogP contribution in [0.2, 0.25) is 0 Å². The van der Waals surface area contributed by atoms with Crippen molar-refractivity contribution in [2.45, 2.75) is 20.1 Å². The topological polar surface area (TPSA) is 64.4 Å². The molecular formula is C16H18N2O3. The molecule has 2 aromatic rings. The SMILES string of the molecule is CNCc1ccc(OCc2ccccc2C)c([N+](=O)[O-])c1. The Morgan fingerprint density at radius 1 is 1.24 bits per heavy atom. The molecule has 0 saturated heterocycles. The minimum Gasteiger partial charge on any atom is -0.482 e. The second-order valence-corrected chi connectivity index (χ2v) is 4.80. The van der Waals surface area contributed by atoms with Gasteiger partial charge in [-0.1, -0.05) is 30.3 Å². The van der Waals surface area contributed by atoms with E-state index in [1.54, 1.807) is 19.2 Å². The summed E-state index contributed by atoms with van der Waals surface area (Å²) in [4.78, 5) is 10.8. The molecule has 0 bridgehead atoms. The zero-order valence-electron chi connectivity index (χ0n) is 12.1. The zero-order chi connectivity index (χ0) is 15.2. The number of nitrogens with one attached hydrogen (secondary N) is 1. The first kappa shape index (κ1) is 15.0. The van der Waals surface area contributed by atoms with Gasteiger partial charge in [-0.3, -0.25) is 10.1 Å². The summed E-state index contributed by atoms with van der Waals surface area (Å²) in [7, 11) is 1.80. The van der Waals surface area contributed by atoms with Crippen LogP contribution in [0.15, 0.2) is 42.5 Å². The number of nitro groups is 1. The van der Waals surface area contributed by atoms with Crippen LogP contribution < -0.4 is 10.1 Å². The van der Waals surface area contributed by atoms with Crippen molar-refractivity contribution in [2.75, 3.05) is 7.05 Å². The summed E-state index contributed by atoms with van der Waals surface area (Å²) in [5.74, 6) is 0.295. The number of ether oxygens (including phenoxy) is 1. The maximum Gasteiger partial charge on any atom is 0.311 e. The Hall–Kier alpha value is -2.40. The van der Waals surface area contributed by atoms with Gasteiger partial charge in [-0.2, -0.15) is 0 Å². The van der Waals surface area contributed by atoms with E-state index in [2.05, 4.69) is 5.32 Å². The number of benzene rings is 2. The molecule has 0 aromatic heterocycles. The zero-order valence-corrected chi connectivity index (χ0v) is 12.1. The Balaban J connectivity index is 2.19. The van der Waals surface area contributed by atoms with Crippen molar-refractivity contribution < 1.29 is 9.66 Å². The quantitative estimate of drug-likeness (QED) is 0.654. The highest BCUT2D eigenvalue weighted by molar-refractivity contribution is 5.48. The largest absolute Gasteiger partial charge is 0.482 e. The molecule has 0 heterocycles. The summed E-state index contributed by atoms with van der Waals surface area (Å²) in [5.41, 5.74) is 2.97. The minimum absolute atomic E-state index is 0.00339. The monoisotopic (exact) mass is 286 g/mol. The normalized spacial score (nSPS) is 10.4. The van der Waals surface area contributed by atoms with Gasteiger partial charge in [-0.15, -0.1) is 0 Å². The van der Waals surface area contributed by atoms with Gasteiger partial charge in [0.15, 0.2) is 5.75 Å². The van der Waals surface area contributed by atoms with Crippen molar-refractivity contribution in [1.29, 1.82) is 0 Å². The Kier molecular flexibility index (Phi) is 4.90. The smallest absolute Gasteiger partial charge is 0.311 e. The lowest BCUT2D eigenvalue weighted by atomic mass is 10.1. The van der Waals surface area contributed by atoms with Crippen molar-refractivity contribution in [2.24, 2.45) is 0 Å². The predicted molar refractivity (Wildman–Crippen MR) is 81.4 cm³/mol. The van der Waals surface area contributed by atoms with E-state index in [0.29, 0.717) is 18.9 Å². The third-order valence-electron chi connectivity index (χ3n) is 3.25. The molecule has 0 spiro atoms. The number of aryl methyl sites for hydroxylation is 1. The highest BCUT2D eigenvalue weighted by Gasteiger charge is 2.16. The fourth-order valence-corrected chi connectivity index (χ4v) is 2.07. The van der Waals surface area contributed by atoms with Crippen LogP contribution in [-0.4, -0.2) is 12.0 Å². The molecule has 0 amide bonds. The molecule has 0 atom stereocenters. The van der Waals surface area contributed by atoms with E-state index in [-0.39, 0.29) is 5.69 Å². The molecule has 5 nitrogen and oxygen atoms in total. The van der Waals surface area contributed by atoms with Crippen molar-refractivity contribution >= 4 is 5.69 Å². The van der Waals surface area contributed by atoms with E-state index < -0.39 is 4.92 Å². The molecule has 5 heteroatoms. The molecule has 0 aliphatic carbocycles. The van der Waals surface area contributed by atoms with Crippen molar-refractivity contribution in [1.82, 2.24) is 5.32 Å². The van der Waals surface area contributed by atoms with Crippen LogP contribution in [0.4, 0.5) is 5.69 Å². The molecule has 0 fully saturated rings. The van der Waals surface area contributed by atoms with Crippen LogP contribution in [0.3, 0.4) is 0 Å². The van der Waals surface area contributed by atoms with Gasteiger partial charge in [-0.05, 0) is 36.7 Å². The average molecular weight is 286 g/mol. The van der Waals surface area contributed by atoms with Crippen LogP contribution in [-0.2, 0) is 13.2 Å². The van der Waals surface area contributed by atoms with E-state index in [1.165, 1.54) is 0 Å². The summed E-state index contributed by atoms with van der Waals surface area (Å²) >= 11 is 0. The van der Waals surface area contributed by atoms with Crippen molar-refractivity contribution in [3.63, 3.8) is 0 Å². The van der Waals surface area contributed by atoms with E-state index >= 15 is 0 Å².